The van der Waals surface area contributed by atoms with E-state index in [-0.39, 0.29) is 0 Å². The van der Waals surface area contributed by atoms with E-state index in [2.05, 4.69) is 9.71 Å². The molecule has 0 saturated carbocycles. The van der Waals surface area contributed by atoms with Crippen molar-refractivity contribution in [3.8, 4) is 0 Å². The van der Waals surface area contributed by atoms with Gasteiger partial charge in [0.05, 0.1) is 16.1 Å². The first-order chi connectivity index (χ1) is 9.54. The van der Waals surface area contributed by atoms with Gasteiger partial charge in [-0.2, -0.15) is 0 Å². The van der Waals surface area contributed by atoms with E-state index in [1.807, 2.05) is 11.4 Å². The zero-order chi connectivity index (χ0) is 14.6. The summed E-state index contributed by atoms with van der Waals surface area (Å²) in [5, 5.41) is 1.91. The summed E-state index contributed by atoms with van der Waals surface area (Å²) in [5.41, 5.74) is 9.78. The summed E-state index contributed by atoms with van der Waals surface area (Å²) in [7, 11) is -3.51. The molecule has 0 spiro atoms. The number of thiazole rings is 1. The first-order valence-electron chi connectivity index (χ1n) is 6.20. The molecule has 0 amide bonds. The first-order valence-corrected chi connectivity index (χ1v) is 8.62. The summed E-state index contributed by atoms with van der Waals surface area (Å²) >= 11 is 1.50. The van der Waals surface area contributed by atoms with Crippen molar-refractivity contribution < 1.29 is 8.42 Å². The lowest BCUT2D eigenvalue weighted by atomic mass is 10.1. The van der Waals surface area contributed by atoms with E-state index in [0.29, 0.717) is 30.0 Å². The number of hydrogen-bond donors (Lipinski definition) is 2. The molecule has 108 valence electrons. The largest absolute Gasteiger partial charge is 0.326 e. The summed E-state index contributed by atoms with van der Waals surface area (Å²) in [6, 6.07) is 5.15. The minimum atomic E-state index is -3.51. The average molecular weight is 311 g/mol. The molecule has 5 nitrogen and oxygen atoms in total. The zero-order valence-electron chi connectivity index (χ0n) is 11.2. The smallest absolute Gasteiger partial charge is 0.240 e. The molecule has 3 N–H and O–H groups in total. The quantitative estimate of drug-likeness (QED) is 0.845. The van der Waals surface area contributed by atoms with E-state index in [1.165, 1.54) is 11.3 Å². The minimum absolute atomic E-state index is 0.290. The van der Waals surface area contributed by atoms with Crippen LogP contribution in [0.3, 0.4) is 0 Å². The van der Waals surface area contributed by atoms with Crippen LogP contribution in [0.1, 0.15) is 16.8 Å². The van der Waals surface area contributed by atoms with Gasteiger partial charge in [-0.3, -0.25) is 0 Å². The molecule has 0 aliphatic heterocycles. The molecule has 1 aromatic carbocycles. The Kier molecular flexibility index (Phi) is 4.87. The van der Waals surface area contributed by atoms with Gasteiger partial charge in [0.25, 0.3) is 0 Å². The van der Waals surface area contributed by atoms with Gasteiger partial charge in [-0.05, 0) is 24.1 Å². The van der Waals surface area contributed by atoms with E-state index in [4.69, 9.17) is 5.73 Å². The number of hydrogen-bond acceptors (Lipinski definition) is 5. The van der Waals surface area contributed by atoms with Gasteiger partial charge in [-0.25, -0.2) is 18.1 Å². The van der Waals surface area contributed by atoms with Gasteiger partial charge < -0.3 is 5.73 Å². The molecule has 0 atom stereocenters. The van der Waals surface area contributed by atoms with Crippen molar-refractivity contribution in [3.63, 3.8) is 0 Å². The van der Waals surface area contributed by atoms with Crippen molar-refractivity contribution >= 4 is 21.4 Å². The van der Waals surface area contributed by atoms with Crippen LogP contribution in [0, 0.1) is 6.92 Å². The number of sulfonamides is 1. The molecule has 2 rings (SSSR count). The van der Waals surface area contributed by atoms with Crippen LogP contribution in [0.5, 0.6) is 0 Å². The highest BCUT2D eigenvalue weighted by Gasteiger charge is 2.17. The second-order valence-electron chi connectivity index (χ2n) is 4.37. The molecular weight excluding hydrogens is 294 g/mol. The molecule has 0 aliphatic rings. The summed E-state index contributed by atoms with van der Waals surface area (Å²) in [4.78, 5) is 4.41. The molecule has 0 radical (unpaired) electrons. The van der Waals surface area contributed by atoms with Crippen molar-refractivity contribution in [1.82, 2.24) is 9.71 Å². The van der Waals surface area contributed by atoms with Crippen LogP contribution in [0.15, 0.2) is 34.0 Å². The Labute approximate surface area is 122 Å². The van der Waals surface area contributed by atoms with E-state index in [9.17, 15) is 8.42 Å². The van der Waals surface area contributed by atoms with Crippen molar-refractivity contribution in [2.24, 2.45) is 5.73 Å². The Morgan fingerprint density at radius 1 is 1.40 bits per heavy atom. The molecule has 7 heteroatoms. The Hall–Kier alpha value is -1.28. The van der Waals surface area contributed by atoms with Crippen LogP contribution in [0.2, 0.25) is 0 Å². The Balaban J connectivity index is 2.10. The van der Waals surface area contributed by atoms with Crippen LogP contribution >= 0.6 is 11.3 Å². The lowest BCUT2D eigenvalue weighted by Crippen LogP contribution is -2.27. The maximum atomic E-state index is 12.3. The predicted octanol–water partition coefficient (Wildman–Crippen LogP) is 1.43. The SMILES string of the molecule is Cc1c(CN)cccc1S(=O)(=O)NCCc1cscn1. The molecule has 20 heavy (non-hydrogen) atoms. The van der Waals surface area contributed by atoms with Crippen molar-refractivity contribution in [2.75, 3.05) is 6.54 Å². The third kappa shape index (κ3) is 3.43. The number of benzene rings is 1. The van der Waals surface area contributed by atoms with Gasteiger partial charge in [-0.1, -0.05) is 12.1 Å². The lowest BCUT2D eigenvalue weighted by molar-refractivity contribution is 0.580. The summed E-state index contributed by atoms with van der Waals surface area (Å²) in [6.45, 7) is 2.43. The van der Waals surface area contributed by atoms with E-state index >= 15 is 0 Å². The summed E-state index contributed by atoms with van der Waals surface area (Å²) < 4.78 is 27.2. The minimum Gasteiger partial charge on any atom is -0.326 e. The third-order valence-corrected chi connectivity index (χ3v) is 5.30. The van der Waals surface area contributed by atoms with Gasteiger partial charge >= 0.3 is 0 Å². The second kappa shape index (κ2) is 6.45. The first kappa shape index (κ1) is 15.1. The number of nitrogens with one attached hydrogen (secondary N) is 1. The van der Waals surface area contributed by atoms with Gasteiger partial charge in [0.1, 0.15) is 0 Å². The molecule has 0 bridgehead atoms. The Morgan fingerprint density at radius 3 is 2.85 bits per heavy atom. The van der Waals surface area contributed by atoms with Crippen molar-refractivity contribution in [2.45, 2.75) is 24.8 Å². The molecule has 0 saturated heterocycles. The number of rotatable bonds is 6. The monoisotopic (exact) mass is 311 g/mol. The van der Waals surface area contributed by atoms with Gasteiger partial charge in [-0.15, -0.1) is 11.3 Å². The second-order valence-corrected chi connectivity index (χ2v) is 6.83. The number of nitrogens with zero attached hydrogens (tertiary/aromatic N) is 1. The Morgan fingerprint density at radius 2 is 2.20 bits per heavy atom. The van der Waals surface area contributed by atoms with Gasteiger partial charge in [0.2, 0.25) is 10.0 Å². The van der Waals surface area contributed by atoms with Crippen LogP contribution in [-0.4, -0.2) is 19.9 Å². The average Bonchev–Trinajstić information content (AvgIpc) is 2.91. The van der Waals surface area contributed by atoms with E-state index in [0.717, 1.165) is 11.3 Å². The highest BCUT2D eigenvalue weighted by molar-refractivity contribution is 7.89. The molecule has 1 heterocycles. The van der Waals surface area contributed by atoms with E-state index < -0.39 is 10.0 Å². The van der Waals surface area contributed by atoms with Crippen LogP contribution in [0.4, 0.5) is 0 Å². The molecule has 1 aromatic heterocycles. The molecular formula is C13H17N3O2S2. The van der Waals surface area contributed by atoms with Crippen LogP contribution in [0.25, 0.3) is 0 Å². The Bertz CT molecular complexity index is 667. The lowest BCUT2D eigenvalue weighted by Gasteiger charge is -2.11. The van der Waals surface area contributed by atoms with Crippen molar-refractivity contribution in [3.05, 3.63) is 45.9 Å². The highest BCUT2D eigenvalue weighted by Crippen LogP contribution is 2.18. The molecule has 0 aliphatic carbocycles. The normalized spacial score (nSPS) is 11.7. The summed E-state index contributed by atoms with van der Waals surface area (Å²) in [6.07, 6.45) is 0.582. The van der Waals surface area contributed by atoms with Crippen molar-refractivity contribution in [1.29, 1.82) is 0 Å². The van der Waals surface area contributed by atoms with Gasteiger partial charge in [0.15, 0.2) is 0 Å². The van der Waals surface area contributed by atoms with Crippen LogP contribution in [-0.2, 0) is 23.0 Å². The van der Waals surface area contributed by atoms with Gasteiger partial charge in [0, 0.05) is 24.9 Å². The molecule has 2 aromatic rings. The fraction of sp³-hybridized carbons (Fsp3) is 0.308. The standard InChI is InChI=1S/C13H17N3O2S2/c1-10-11(7-14)3-2-4-13(10)20(17,18)16-6-5-12-8-19-9-15-12/h2-4,8-9,16H,5-7,14H2,1H3. The third-order valence-electron chi connectivity index (χ3n) is 3.06. The van der Waals surface area contributed by atoms with Crippen LogP contribution < -0.4 is 10.5 Å². The maximum absolute atomic E-state index is 12.3. The number of aromatic nitrogens is 1. The molecule has 0 fully saturated rings. The fourth-order valence-corrected chi connectivity index (χ4v) is 3.84. The highest BCUT2D eigenvalue weighted by atomic mass is 32.2. The predicted molar refractivity (Wildman–Crippen MR) is 80.1 cm³/mol. The maximum Gasteiger partial charge on any atom is 0.240 e. The fourth-order valence-electron chi connectivity index (χ4n) is 1.92. The molecule has 0 unspecified atom stereocenters. The summed E-state index contributed by atoms with van der Waals surface area (Å²) in [5.74, 6) is 0. The number of nitrogens with two attached hydrogens (primary N) is 1. The topological polar surface area (TPSA) is 85.1 Å². The van der Waals surface area contributed by atoms with E-state index in [1.54, 1.807) is 24.6 Å². The zero-order valence-corrected chi connectivity index (χ0v) is 12.8.